The van der Waals surface area contributed by atoms with Gasteiger partial charge in [0.1, 0.15) is 0 Å². The quantitative estimate of drug-likeness (QED) is 0.824. The standard InChI is InChI=1S/C12H15BrN2O2/c13-10-6-9(3-4-11(10)14)15-12(16)8-2-1-5-17-7-8/h3-4,6,8H,1-2,5,7,14H2,(H,15,16). The number of nitrogens with one attached hydrogen (secondary N) is 1. The van der Waals surface area contributed by atoms with Crippen molar-refractivity contribution in [2.45, 2.75) is 12.8 Å². The number of benzene rings is 1. The van der Waals surface area contributed by atoms with E-state index in [1.54, 1.807) is 18.2 Å². The number of ether oxygens (including phenoxy) is 1. The number of carbonyl (C=O) groups excluding carboxylic acids is 1. The van der Waals surface area contributed by atoms with E-state index < -0.39 is 0 Å². The Morgan fingerprint density at radius 2 is 2.35 bits per heavy atom. The van der Waals surface area contributed by atoms with E-state index in [9.17, 15) is 4.79 Å². The number of carbonyl (C=O) groups is 1. The van der Waals surface area contributed by atoms with E-state index in [0.29, 0.717) is 12.3 Å². The summed E-state index contributed by atoms with van der Waals surface area (Å²) in [4.78, 5) is 11.9. The molecule has 1 aliphatic rings. The third kappa shape index (κ3) is 3.20. The molecule has 1 atom stereocenters. The van der Waals surface area contributed by atoms with Crippen molar-refractivity contribution in [3.8, 4) is 0 Å². The Balaban J connectivity index is 1.99. The summed E-state index contributed by atoms with van der Waals surface area (Å²) in [5, 5.41) is 2.88. The summed E-state index contributed by atoms with van der Waals surface area (Å²) in [5.74, 6) is -0.0264. The van der Waals surface area contributed by atoms with Crippen LogP contribution in [0, 0.1) is 5.92 Å². The van der Waals surface area contributed by atoms with E-state index in [0.717, 1.165) is 29.6 Å². The fourth-order valence-corrected chi connectivity index (χ4v) is 2.18. The third-order valence-electron chi connectivity index (χ3n) is 2.80. The minimum atomic E-state index is -0.0416. The minimum Gasteiger partial charge on any atom is -0.398 e. The number of anilines is 2. The summed E-state index contributed by atoms with van der Waals surface area (Å²) in [6, 6.07) is 5.36. The van der Waals surface area contributed by atoms with Gasteiger partial charge in [0.05, 0.1) is 12.5 Å². The zero-order chi connectivity index (χ0) is 12.3. The minimum absolute atomic E-state index is 0.0152. The Kier molecular flexibility index (Phi) is 4.02. The van der Waals surface area contributed by atoms with Gasteiger partial charge in [-0.1, -0.05) is 0 Å². The summed E-state index contributed by atoms with van der Waals surface area (Å²) in [5.41, 5.74) is 7.09. The molecule has 4 nitrogen and oxygen atoms in total. The zero-order valence-corrected chi connectivity index (χ0v) is 11.0. The van der Waals surface area contributed by atoms with E-state index in [-0.39, 0.29) is 11.8 Å². The van der Waals surface area contributed by atoms with Crippen LogP contribution in [0.4, 0.5) is 11.4 Å². The Morgan fingerprint density at radius 1 is 1.53 bits per heavy atom. The lowest BCUT2D eigenvalue weighted by Crippen LogP contribution is -2.30. The van der Waals surface area contributed by atoms with Gasteiger partial charge in [0, 0.05) is 22.5 Å². The van der Waals surface area contributed by atoms with Crippen LogP contribution in [-0.4, -0.2) is 19.1 Å². The van der Waals surface area contributed by atoms with Crippen molar-refractivity contribution in [2.24, 2.45) is 5.92 Å². The lowest BCUT2D eigenvalue weighted by atomic mass is 10.0. The molecule has 0 aromatic heterocycles. The Labute approximate surface area is 109 Å². The molecule has 0 aliphatic carbocycles. The maximum Gasteiger partial charge on any atom is 0.229 e. The molecule has 0 saturated carbocycles. The first kappa shape index (κ1) is 12.4. The van der Waals surface area contributed by atoms with E-state index in [2.05, 4.69) is 21.2 Å². The molecule has 1 heterocycles. The van der Waals surface area contributed by atoms with Gasteiger partial charge in [0.25, 0.3) is 0 Å². The van der Waals surface area contributed by atoms with Crippen LogP contribution in [0.1, 0.15) is 12.8 Å². The first-order valence-corrected chi connectivity index (χ1v) is 6.40. The highest BCUT2D eigenvalue weighted by atomic mass is 79.9. The number of nitrogen functional groups attached to an aromatic ring is 1. The van der Waals surface area contributed by atoms with E-state index in [1.165, 1.54) is 0 Å². The number of nitrogens with two attached hydrogens (primary N) is 1. The van der Waals surface area contributed by atoms with Crippen molar-refractivity contribution in [3.63, 3.8) is 0 Å². The average Bonchev–Trinajstić information content (AvgIpc) is 2.35. The fraction of sp³-hybridized carbons (Fsp3) is 0.417. The van der Waals surface area contributed by atoms with Crippen molar-refractivity contribution in [2.75, 3.05) is 24.3 Å². The molecule has 0 radical (unpaired) electrons. The molecule has 1 saturated heterocycles. The number of hydrogen-bond donors (Lipinski definition) is 2. The summed E-state index contributed by atoms with van der Waals surface area (Å²) in [6.45, 7) is 1.28. The SMILES string of the molecule is Nc1ccc(NC(=O)C2CCCOC2)cc1Br. The largest absolute Gasteiger partial charge is 0.398 e. The maximum absolute atomic E-state index is 11.9. The van der Waals surface area contributed by atoms with Crippen molar-refractivity contribution >= 4 is 33.2 Å². The summed E-state index contributed by atoms with van der Waals surface area (Å²) in [7, 11) is 0. The molecular formula is C12H15BrN2O2. The van der Waals surface area contributed by atoms with Crippen molar-refractivity contribution in [1.82, 2.24) is 0 Å². The molecule has 1 unspecified atom stereocenters. The highest BCUT2D eigenvalue weighted by molar-refractivity contribution is 9.10. The predicted molar refractivity (Wildman–Crippen MR) is 70.7 cm³/mol. The highest BCUT2D eigenvalue weighted by Crippen LogP contribution is 2.24. The van der Waals surface area contributed by atoms with Crippen LogP contribution in [0.25, 0.3) is 0 Å². The normalized spacial score (nSPS) is 19.9. The van der Waals surface area contributed by atoms with Gasteiger partial charge < -0.3 is 15.8 Å². The van der Waals surface area contributed by atoms with Crippen LogP contribution in [-0.2, 0) is 9.53 Å². The Morgan fingerprint density at radius 3 is 3.00 bits per heavy atom. The van der Waals surface area contributed by atoms with Crippen LogP contribution in [0.15, 0.2) is 22.7 Å². The monoisotopic (exact) mass is 298 g/mol. The van der Waals surface area contributed by atoms with E-state index in [4.69, 9.17) is 10.5 Å². The van der Waals surface area contributed by atoms with Gasteiger partial charge in [-0.2, -0.15) is 0 Å². The molecule has 2 rings (SSSR count). The van der Waals surface area contributed by atoms with Crippen molar-refractivity contribution in [3.05, 3.63) is 22.7 Å². The number of amides is 1. The van der Waals surface area contributed by atoms with Crippen LogP contribution in [0.5, 0.6) is 0 Å². The highest BCUT2D eigenvalue weighted by Gasteiger charge is 2.21. The molecular weight excluding hydrogens is 284 g/mol. The van der Waals surface area contributed by atoms with E-state index >= 15 is 0 Å². The van der Waals surface area contributed by atoms with Gasteiger partial charge in [-0.25, -0.2) is 0 Å². The number of rotatable bonds is 2. The van der Waals surface area contributed by atoms with Gasteiger partial charge >= 0.3 is 0 Å². The molecule has 1 aromatic rings. The second kappa shape index (κ2) is 5.51. The second-order valence-corrected chi connectivity index (χ2v) is 4.99. The molecule has 3 N–H and O–H groups in total. The van der Waals surface area contributed by atoms with Crippen LogP contribution < -0.4 is 11.1 Å². The fourth-order valence-electron chi connectivity index (χ4n) is 1.80. The van der Waals surface area contributed by atoms with E-state index in [1.807, 2.05) is 0 Å². The first-order chi connectivity index (χ1) is 8.16. The van der Waals surface area contributed by atoms with Gasteiger partial charge in [-0.3, -0.25) is 4.79 Å². The maximum atomic E-state index is 11.9. The zero-order valence-electron chi connectivity index (χ0n) is 9.41. The molecule has 1 aromatic carbocycles. The first-order valence-electron chi connectivity index (χ1n) is 5.60. The molecule has 1 aliphatic heterocycles. The Hall–Kier alpha value is -1.07. The topological polar surface area (TPSA) is 64.3 Å². The summed E-state index contributed by atoms with van der Waals surface area (Å²) in [6.07, 6.45) is 1.84. The number of halogens is 1. The molecule has 0 spiro atoms. The van der Waals surface area contributed by atoms with Crippen LogP contribution in [0.2, 0.25) is 0 Å². The van der Waals surface area contributed by atoms with Gasteiger partial charge in [0.15, 0.2) is 0 Å². The molecule has 5 heteroatoms. The third-order valence-corrected chi connectivity index (χ3v) is 3.49. The molecule has 17 heavy (non-hydrogen) atoms. The summed E-state index contributed by atoms with van der Waals surface area (Å²) >= 11 is 3.33. The van der Waals surface area contributed by atoms with Crippen molar-refractivity contribution < 1.29 is 9.53 Å². The Bertz CT molecular complexity index is 417. The van der Waals surface area contributed by atoms with Gasteiger partial charge in [-0.15, -0.1) is 0 Å². The summed E-state index contributed by atoms with van der Waals surface area (Å²) < 4.78 is 6.08. The van der Waals surface area contributed by atoms with Gasteiger partial charge in [-0.05, 0) is 47.0 Å². The van der Waals surface area contributed by atoms with Gasteiger partial charge in [0.2, 0.25) is 5.91 Å². The van der Waals surface area contributed by atoms with Crippen LogP contribution >= 0.6 is 15.9 Å². The molecule has 1 fully saturated rings. The molecule has 1 amide bonds. The lowest BCUT2D eigenvalue weighted by Gasteiger charge is -2.21. The average molecular weight is 299 g/mol. The smallest absolute Gasteiger partial charge is 0.229 e. The van der Waals surface area contributed by atoms with Crippen LogP contribution in [0.3, 0.4) is 0 Å². The number of hydrogen-bond acceptors (Lipinski definition) is 3. The lowest BCUT2D eigenvalue weighted by molar-refractivity contribution is -0.123. The predicted octanol–water partition coefficient (Wildman–Crippen LogP) is 2.40. The molecule has 0 bridgehead atoms. The second-order valence-electron chi connectivity index (χ2n) is 4.14. The molecule has 92 valence electrons. The van der Waals surface area contributed by atoms with Crippen molar-refractivity contribution in [1.29, 1.82) is 0 Å².